The molecule has 0 aliphatic rings. The summed E-state index contributed by atoms with van der Waals surface area (Å²) < 4.78 is 2.91. The van der Waals surface area contributed by atoms with Crippen LogP contribution in [0, 0.1) is 13.8 Å². The van der Waals surface area contributed by atoms with Crippen molar-refractivity contribution >= 4 is 32.6 Å². The fourth-order valence-corrected chi connectivity index (χ4v) is 3.84. The quantitative estimate of drug-likeness (QED) is 0.646. The molecule has 2 heterocycles. The van der Waals surface area contributed by atoms with Crippen molar-refractivity contribution in [1.82, 2.24) is 19.7 Å². The Morgan fingerprint density at radius 3 is 2.56 bits per heavy atom. The molecule has 0 fully saturated rings. The highest BCUT2D eigenvalue weighted by Gasteiger charge is 2.24. The number of hydrogen-bond acceptors (Lipinski definition) is 5. The van der Waals surface area contributed by atoms with Gasteiger partial charge in [0.25, 0.3) is 5.91 Å². The maximum absolute atomic E-state index is 13.2. The van der Waals surface area contributed by atoms with Crippen LogP contribution in [-0.2, 0) is 0 Å². The second-order valence-electron chi connectivity index (χ2n) is 7.39. The normalized spacial score (nSPS) is 11.7. The Labute approximate surface area is 164 Å². The third-order valence-electron chi connectivity index (χ3n) is 4.68. The number of aromatic nitrogens is 3. The van der Waals surface area contributed by atoms with Gasteiger partial charge in [-0.15, -0.1) is 0 Å². The van der Waals surface area contributed by atoms with Crippen molar-refractivity contribution in [2.75, 3.05) is 32.1 Å². The first-order valence-electron chi connectivity index (χ1n) is 9.16. The fourth-order valence-electron chi connectivity index (χ4n) is 2.79. The van der Waals surface area contributed by atoms with E-state index in [1.54, 1.807) is 22.3 Å². The predicted octanol–water partition coefficient (Wildman–Crippen LogP) is 3.90. The lowest BCUT2D eigenvalue weighted by Crippen LogP contribution is -2.37. The van der Waals surface area contributed by atoms with E-state index in [1.165, 1.54) is 11.1 Å². The van der Waals surface area contributed by atoms with Crippen LogP contribution in [-0.4, -0.2) is 52.8 Å². The largest absolute Gasteiger partial charge is 0.308 e. The third-order valence-corrected chi connectivity index (χ3v) is 5.72. The number of thiazole rings is 1. The maximum atomic E-state index is 13.2. The van der Waals surface area contributed by atoms with Gasteiger partial charge in [-0.3, -0.25) is 14.4 Å². The van der Waals surface area contributed by atoms with Crippen LogP contribution in [0.15, 0.2) is 24.4 Å². The van der Waals surface area contributed by atoms with Crippen molar-refractivity contribution in [3.05, 3.63) is 41.2 Å². The molecule has 3 aromatic rings. The number of aryl methyl sites for hydroxylation is 2. The molecule has 0 radical (unpaired) electrons. The van der Waals surface area contributed by atoms with Crippen molar-refractivity contribution < 1.29 is 4.79 Å². The average Bonchev–Trinajstić information content (AvgIpc) is 3.25. The molecule has 2 aromatic heterocycles. The Bertz CT molecular complexity index is 957. The minimum absolute atomic E-state index is 0.107. The summed E-state index contributed by atoms with van der Waals surface area (Å²) in [6.07, 6.45) is 1.86. The molecule has 3 rings (SSSR count). The summed E-state index contributed by atoms with van der Waals surface area (Å²) >= 11 is 1.56. The SMILES string of the molecule is Cc1ccc2sc(N(CCN(C)C)C(=O)c3ccn(C(C)C)n3)nc2c1C. The van der Waals surface area contributed by atoms with Crippen molar-refractivity contribution in [2.24, 2.45) is 0 Å². The Balaban J connectivity index is 1.99. The molecule has 0 saturated carbocycles. The van der Waals surface area contributed by atoms with Crippen LogP contribution in [0.2, 0.25) is 0 Å². The molecule has 0 spiro atoms. The second-order valence-corrected chi connectivity index (χ2v) is 8.39. The van der Waals surface area contributed by atoms with E-state index < -0.39 is 0 Å². The molecule has 0 unspecified atom stereocenters. The molecule has 0 atom stereocenters. The van der Waals surface area contributed by atoms with Gasteiger partial charge >= 0.3 is 0 Å². The number of hydrogen-bond donors (Lipinski definition) is 0. The van der Waals surface area contributed by atoms with Crippen LogP contribution in [0.25, 0.3) is 10.2 Å². The summed E-state index contributed by atoms with van der Waals surface area (Å²) in [5.74, 6) is -0.107. The smallest absolute Gasteiger partial charge is 0.280 e. The van der Waals surface area contributed by atoms with E-state index in [2.05, 4.69) is 36.0 Å². The molecule has 144 valence electrons. The van der Waals surface area contributed by atoms with Gasteiger partial charge in [-0.1, -0.05) is 17.4 Å². The summed E-state index contributed by atoms with van der Waals surface area (Å²) in [5, 5.41) is 5.18. The number of anilines is 1. The van der Waals surface area contributed by atoms with Crippen LogP contribution < -0.4 is 4.90 Å². The molecule has 7 heteroatoms. The minimum Gasteiger partial charge on any atom is -0.308 e. The van der Waals surface area contributed by atoms with E-state index in [0.29, 0.717) is 12.2 Å². The van der Waals surface area contributed by atoms with Gasteiger partial charge in [-0.05, 0) is 65.0 Å². The number of fused-ring (bicyclic) bond motifs is 1. The van der Waals surface area contributed by atoms with Crippen LogP contribution in [0.1, 0.15) is 41.5 Å². The van der Waals surface area contributed by atoms with Crippen molar-refractivity contribution in [3.8, 4) is 0 Å². The molecular formula is C20H27N5OS. The lowest BCUT2D eigenvalue weighted by molar-refractivity contribution is 0.0979. The van der Waals surface area contributed by atoms with Crippen molar-refractivity contribution in [1.29, 1.82) is 0 Å². The van der Waals surface area contributed by atoms with Gasteiger partial charge < -0.3 is 4.90 Å². The number of carbonyl (C=O) groups excluding carboxylic acids is 1. The minimum atomic E-state index is -0.107. The summed E-state index contributed by atoms with van der Waals surface area (Å²) in [6.45, 7) is 9.58. The first-order chi connectivity index (χ1) is 12.8. The Morgan fingerprint density at radius 1 is 1.19 bits per heavy atom. The zero-order valence-corrected chi connectivity index (χ0v) is 17.7. The molecule has 27 heavy (non-hydrogen) atoms. The fraction of sp³-hybridized carbons (Fsp3) is 0.450. The van der Waals surface area contributed by atoms with Gasteiger partial charge in [-0.2, -0.15) is 5.10 Å². The van der Waals surface area contributed by atoms with Gasteiger partial charge in [-0.25, -0.2) is 4.98 Å². The third kappa shape index (κ3) is 4.04. The van der Waals surface area contributed by atoms with Crippen LogP contribution in [0.3, 0.4) is 0 Å². The van der Waals surface area contributed by atoms with Crippen molar-refractivity contribution in [3.63, 3.8) is 0 Å². The Morgan fingerprint density at radius 2 is 1.93 bits per heavy atom. The highest BCUT2D eigenvalue weighted by molar-refractivity contribution is 7.22. The van der Waals surface area contributed by atoms with Gasteiger partial charge in [0.15, 0.2) is 10.8 Å². The average molecular weight is 386 g/mol. The molecule has 1 aromatic carbocycles. The summed E-state index contributed by atoms with van der Waals surface area (Å²) in [5.41, 5.74) is 3.81. The number of rotatable bonds is 6. The van der Waals surface area contributed by atoms with E-state index in [0.717, 1.165) is 21.9 Å². The van der Waals surface area contributed by atoms with Gasteiger partial charge in [0.05, 0.1) is 10.2 Å². The number of likely N-dealkylation sites (N-methyl/N-ethyl adjacent to an activating group) is 1. The topological polar surface area (TPSA) is 54.3 Å². The molecule has 0 N–H and O–H groups in total. The molecule has 0 saturated heterocycles. The Kier molecular flexibility index (Phi) is 5.62. The van der Waals surface area contributed by atoms with E-state index in [-0.39, 0.29) is 11.9 Å². The monoisotopic (exact) mass is 385 g/mol. The molecule has 0 bridgehead atoms. The highest BCUT2D eigenvalue weighted by Crippen LogP contribution is 2.32. The van der Waals surface area contributed by atoms with E-state index in [1.807, 2.05) is 38.8 Å². The first-order valence-corrected chi connectivity index (χ1v) is 9.98. The number of amides is 1. The highest BCUT2D eigenvalue weighted by atomic mass is 32.1. The Hall–Kier alpha value is -2.25. The maximum Gasteiger partial charge on any atom is 0.280 e. The lowest BCUT2D eigenvalue weighted by Gasteiger charge is -2.21. The molecule has 0 aliphatic heterocycles. The van der Waals surface area contributed by atoms with Gasteiger partial charge in [0, 0.05) is 25.3 Å². The summed E-state index contributed by atoms with van der Waals surface area (Å²) in [4.78, 5) is 21.9. The van der Waals surface area contributed by atoms with Crippen LogP contribution >= 0.6 is 11.3 Å². The van der Waals surface area contributed by atoms with E-state index in [4.69, 9.17) is 4.98 Å². The number of nitrogens with zero attached hydrogens (tertiary/aromatic N) is 5. The zero-order chi connectivity index (χ0) is 19.7. The second kappa shape index (κ2) is 7.78. The zero-order valence-electron chi connectivity index (χ0n) is 16.9. The van der Waals surface area contributed by atoms with Crippen molar-refractivity contribution in [2.45, 2.75) is 33.7 Å². The predicted molar refractivity (Wildman–Crippen MR) is 112 cm³/mol. The number of benzene rings is 1. The van der Waals surface area contributed by atoms with Gasteiger partial charge in [0.2, 0.25) is 0 Å². The molecule has 0 aliphatic carbocycles. The van der Waals surface area contributed by atoms with Crippen LogP contribution in [0.5, 0.6) is 0 Å². The van der Waals surface area contributed by atoms with E-state index in [9.17, 15) is 4.79 Å². The number of carbonyl (C=O) groups is 1. The standard InChI is InChI=1S/C20H27N5OS/c1-13(2)25-10-9-16(22-25)19(26)24(12-11-23(5)6)20-21-18-15(4)14(3)7-8-17(18)27-20/h7-10,13H,11-12H2,1-6H3. The van der Waals surface area contributed by atoms with Gasteiger partial charge in [0.1, 0.15) is 0 Å². The molecule has 6 nitrogen and oxygen atoms in total. The molecule has 1 amide bonds. The molecular weight excluding hydrogens is 358 g/mol. The lowest BCUT2D eigenvalue weighted by atomic mass is 10.1. The van der Waals surface area contributed by atoms with Crippen LogP contribution in [0.4, 0.5) is 5.13 Å². The summed E-state index contributed by atoms with van der Waals surface area (Å²) in [6, 6.07) is 6.19. The first kappa shape index (κ1) is 19.5. The summed E-state index contributed by atoms with van der Waals surface area (Å²) in [7, 11) is 4.00. The van der Waals surface area contributed by atoms with E-state index >= 15 is 0 Å².